The molecule has 0 aromatic heterocycles. The van der Waals surface area contributed by atoms with Crippen LogP contribution in [0.1, 0.15) is 20.8 Å². The number of halogens is 1. The lowest BCUT2D eigenvalue weighted by atomic mass is 9.87. The third kappa shape index (κ3) is 3.31. The van der Waals surface area contributed by atoms with E-state index in [1.165, 1.54) is 18.2 Å². The highest BCUT2D eigenvalue weighted by Crippen LogP contribution is 2.19. The van der Waals surface area contributed by atoms with E-state index in [4.69, 9.17) is 5.73 Å². The quantitative estimate of drug-likeness (QED) is 0.808. The molecule has 1 amide bonds. The average Bonchev–Trinajstić information content (AvgIpc) is 2.15. The Bertz CT molecular complexity index is 385. The van der Waals surface area contributed by atoms with Crippen LogP contribution in [0.5, 0.6) is 0 Å². The highest BCUT2D eigenvalue weighted by Gasteiger charge is 2.27. The van der Waals surface area contributed by atoms with Crippen LogP contribution in [0.3, 0.4) is 0 Å². The first-order valence-electron chi connectivity index (χ1n) is 5.13. The fourth-order valence-corrected chi connectivity index (χ4v) is 1.18. The second-order valence-electron chi connectivity index (χ2n) is 4.84. The monoisotopic (exact) mass is 224 g/mol. The van der Waals surface area contributed by atoms with Crippen molar-refractivity contribution in [3.8, 4) is 0 Å². The molecule has 0 saturated carbocycles. The molecule has 0 aliphatic rings. The van der Waals surface area contributed by atoms with Crippen LogP contribution in [-0.2, 0) is 4.79 Å². The van der Waals surface area contributed by atoms with Gasteiger partial charge in [0.2, 0.25) is 5.91 Å². The topological polar surface area (TPSA) is 55.1 Å². The molecule has 0 bridgehead atoms. The van der Waals surface area contributed by atoms with Crippen LogP contribution in [0.25, 0.3) is 0 Å². The number of carbonyl (C=O) groups excluding carboxylic acids is 1. The van der Waals surface area contributed by atoms with Gasteiger partial charge in [0.15, 0.2) is 0 Å². The summed E-state index contributed by atoms with van der Waals surface area (Å²) in [4.78, 5) is 11.7. The van der Waals surface area contributed by atoms with E-state index in [1.54, 1.807) is 6.07 Å². The number of rotatable bonds is 2. The van der Waals surface area contributed by atoms with Crippen molar-refractivity contribution in [2.75, 3.05) is 5.32 Å². The molecule has 1 aromatic rings. The van der Waals surface area contributed by atoms with Gasteiger partial charge in [-0.05, 0) is 23.6 Å². The lowest BCUT2D eigenvalue weighted by Gasteiger charge is -2.25. The molecule has 0 unspecified atom stereocenters. The summed E-state index contributed by atoms with van der Waals surface area (Å²) in [6.45, 7) is 5.63. The summed E-state index contributed by atoms with van der Waals surface area (Å²) in [7, 11) is 0. The second kappa shape index (κ2) is 4.61. The van der Waals surface area contributed by atoms with E-state index in [-0.39, 0.29) is 17.1 Å². The Hall–Kier alpha value is -1.42. The van der Waals surface area contributed by atoms with Gasteiger partial charge in [-0.1, -0.05) is 26.8 Å². The minimum atomic E-state index is -0.629. The van der Waals surface area contributed by atoms with Gasteiger partial charge in [-0.3, -0.25) is 4.79 Å². The molecular formula is C12H17FN2O. The Labute approximate surface area is 94.8 Å². The predicted molar refractivity (Wildman–Crippen MR) is 62.5 cm³/mol. The molecule has 3 nitrogen and oxygen atoms in total. The molecule has 4 heteroatoms. The summed E-state index contributed by atoms with van der Waals surface area (Å²) in [5.41, 5.74) is 5.87. The molecule has 0 saturated heterocycles. The predicted octanol–water partition coefficient (Wildman–Crippen LogP) is 2.14. The van der Waals surface area contributed by atoms with Gasteiger partial charge in [-0.15, -0.1) is 0 Å². The molecule has 0 fully saturated rings. The van der Waals surface area contributed by atoms with Crippen LogP contribution in [-0.4, -0.2) is 11.9 Å². The van der Waals surface area contributed by atoms with Crippen LogP contribution >= 0.6 is 0 Å². The first kappa shape index (κ1) is 12.6. The number of nitrogens with two attached hydrogens (primary N) is 1. The maximum absolute atomic E-state index is 12.9. The number of carbonyl (C=O) groups is 1. The Kier molecular flexibility index (Phi) is 3.65. The third-order valence-electron chi connectivity index (χ3n) is 2.31. The van der Waals surface area contributed by atoms with E-state index in [0.717, 1.165) is 0 Å². The number of benzene rings is 1. The normalized spacial score (nSPS) is 13.3. The third-order valence-corrected chi connectivity index (χ3v) is 2.31. The zero-order chi connectivity index (χ0) is 12.3. The maximum atomic E-state index is 12.9. The summed E-state index contributed by atoms with van der Waals surface area (Å²) in [6.07, 6.45) is 0. The van der Waals surface area contributed by atoms with Crippen molar-refractivity contribution in [3.63, 3.8) is 0 Å². The number of amides is 1. The molecule has 3 N–H and O–H groups in total. The minimum absolute atomic E-state index is 0.307. The zero-order valence-electron chi connectivity index (χ0n) is 9.75. The number of nitrogens with one attached hydrogen (secondary N) is 1. The number of hydrogen-bond donors (Lipinski definition) is 2. The van der Waals surface area contributed by atoms with Gasteiger partial charge in [-0.25, -0.2) is 4.39 Å². The average molecular weight is 224 g/mol. The lowest BCUT2D eigenvalue weighted by Crippen LogP contribution is -2.45. The van der Waals surface area contributed by atoms with Gasteiger partial charge in [0.1, 0.15) is 5.82 Å². The Morgan fingerprint density at radius 2 is 2.06 bits per heavy atom. The van der Waals surface area contributed by atoms with Crippen molar-refractivity contribution >= 4 is 11.6 Å². The Morgan fingerprint density at radius 1 is 1.44 bits per heavy atom. The Morgan fingerprint density at radius 3 is 2.56 bits per heavy atom. The molecule has 0 aliphatic heterocycles. The standard InChI is InChI=1S/C12H17FN2O/c1-12(2,3)10(14)11(16)15-9-6-4-5-8(13)7-9/h4-7,10H,14H2,1-3H3,(H,15,16)/t10-/m1/s1. The first-order valence-corrected chi connectivity index (χ1v) is 5.13. The second-order valence-corrected chi connectivity index (χ2v) is 4.84. The van der Waals surface area contributed by atoms with Crippen LogP contribution in [0.4, 0.5) is 10.1 Å². The number of hydrogen-bond acceptors (Lipinski definition) is 2. The van der Waals surface area contributed by atoms with Crippen molar-refractivity contribution in [2.24, 2.45) is 11.1 Å². The van der Waals surface area contributed by atoms with Crippen molar-refractivity contribution < 1.29 is 9.18 Å². The van der Waals surface area contributed by atoms with Gasteiger partial charge in [0, 0.05) is 5.69 Å². The van der Waals surface area contributed by atoms with E-state index < -0.39 is 6.04 Å². The van der Waals surface area contributed by atoms with E-state index >= 15 is 0 Å². The summed E-state index contributed by atoms with van der Waals surface area (Å²) >= 11 is 0. The van der Waals surface area contributed by atoms with Crippen LogP contribution in [0, 0.1) is 11.2 Å². The molecule has 1 aromatic carbocycles. The maximum Gasteiger partial charge on any atom is 0.241 e. The van der Waals surface area contributed by atoms with Gasteiger partial charge >= 0.3 is 0 Å². The van der Waals surface area contributed by atoms with E-state index in [1.807, 2.05) is 20.8 Å². The molecule has 0 aliphatic carbocycles. The minimum Gasteiger partial charge on any atom is -0.325 e. The van der Waals surface area contributed by atoms with Crippen LogP contribution in [0.15, 0.2) is 24.3 Å². The molecule has 1 atom stereocenters. The van der Waals surface area contributed by atoms with Crippen LogP contribution < -0.4 is 11.1 Å². The zero-order valence-corrected chi connectivity index (χ0v) is 9.75. The molecule has 88 valence electrons. The largest absolute Gasteiger partial charge is 0.325 e. The molecule has 1 rings (SSSR count). The van der Waals surface area contributed by atoms with Crippen molar-refractivity contribution in [1.82, 2.24) is 0 Å². The lowest BCUT2D eigenvalue weighted by molar-refractivity contribution is -0.119. The highest BCUT2D eigenvalue weighted by atomic mass is 19.1. The van der Waals surface area contributed by atoms with E-state index in [0.29, 0.717) is 5.69 Å². The van der Waals surface area contributed by atoms with Crippen molar-refractivity contribution in [3.05, 3.63) is 30.1 Å². The van der Waals surface area contributed by atoms with Gasteiger partial charge < -0.3 is 11.1 Å². The summed E-state index contributed by atoms with van der Waals surface area (Å²) in [5.74, 6) is -0.694. The first-order chi connectivity index (χ1) is 7.30. The van der Waals surface area contributed by atoms with Gasteiger partial charge in [0.25, 0.3) is 0 Å². The van der Waals surface area contributed by atoms with E-state index in [2.05, 4.69) is 5.32 Å². The smallest absolute Gasteiger partial charge is 0.241 e. The molecule has 0 spiro atoms. The van der Waals surface area contributed by atoms with Gasteiger partial charge in [0.05, 0.1) is 6.04 Å². The molecular weight excluding hydrogens is 207 g/mol. The van der Waals surface area contributed by atoms with Gasteiger partial charge in [-0.2, -0.15) is 0 Å². The van der Waals surface area contributed by atoms with Crippen molar-refractivity contribution in [1.29, 1.82) is 0 Å². The summed E-state index contributed by atoms with van der Waals surface area (Å²) < 4.78 is 12.9. The van der Waals surface area contributed by atoms with Crippen molar-refractivity contribution in [2.45, 2.75) is 26.8 Å². The molecule has 0 radical (unpaired) electrons. The Balaban J connectivity index is 2.72. The molecule has 16 heavy (non-hydrogen) atoms. The molecule has 0 heterocycles. The fraction of sp³-hybridized carbons (Fsp3) is 0.417. The highest BCUT2D eigenvalue weighted by molar-refractivity contribution is 5.95. The summed E-state index contributed by atoms with van der Waals surface area (Å²) in [5, 5.41) is 2.59. The number of anilines is 1. The SMILES string of the molecule is CC(C)(C)[C@H](N)C(=O)Nc1cccc(F)c1. The summed E-state index contributed by atoms with van der Waals surface area (Å²) in [6, 6.07) is 5.10. The van der Waals surface area contributed by atoms with Crippen LogP contribution in [0.2, 0.25) is 0 Å². The fourth-order valence-electron chi connectivity index (χ4n) is 1.18. The van der Waals surface area contributed by atoms with E-state index in [9.17, 15) is 9.18 Å².